The van der Waals surface area contributed by atoms with Crippen molar-refractivity contribution in [2.24, 2.45) is 0 Å². The Kier molecular flexibility index (Phi) is 4.52. The monoisotopic (exact) mass is 386 g/mol. The van der Waals surface area contributed by atoms with Crippen LogP contribution < -0.4 is 9.47 Å². The molecule has 1 heterocycles. The van der Waals surface area contributed by atoms with Crippen LogP contribution in [0, 0.1) is 23.3 Å². The molecule has 4 nitrogen and oxygen atoms in total. The van der Waals surface area contributed by atoms with Crippen LogP contribution in [-0.2, 0) is 0 Å². The standard InChI is InChI=1S/C20H10F4N2O2/c21-11-5-7-17(13(23)9-11)27-19-20(26-16-4-2-1-3-15(16)25-19)28-18-8-6-12(22)10-14(18)24/h1-10H. The lowest BCUT2D eigenvalue weighted by molar-refractivity contribution is 0.368. The third kappa shape index (κ3) is 3.57. The minimum absolute atomic E-state index is 0.270. The quantitative estimate of drug-likeness (QED) is 0.418. The third-order valence-corrected chi connectivity index (χ3v) is 3.71. The van der Waals surface area contributed by atoms with Gasteiger partial charge in [0.1, 0.15) is 11.6 Å². The van der Waals surface area contributed by atoms with Gasteiger partial charge in [0, 0.05) is 12.1 Å². The van der Waals surface area contributed by atoms with Crippen LogP contribution in [-0.4, -0.2) is 9.97 Å². The van der Waals surface area contributed by atoms with Gasteiger partial charge in [-0.3, -0.25) is 0 Å². The zero-order chi connectivity index (χ0) is 19.7. The van der Waals surface area contributed by atoms with Gasteiger partial charge < -0.3 is 9.47 Å². The average molecular weight is 386 g/mol. The van der Waals surface area contributed by atoms with Crippen LogP contribution in [0.2, 0.25) is 0 Å². The summed E-state index contributed by atoms with van der Waals surface area (Å²) in [7, 11) is 0. The van der Waals surface area contributed by atoms with Gasteiger partial charge in [-0.25, -0.2) is 27.5 Å². The molecular weight excluding hydrogens is 376 g/mol. The van der Waals surface area contributed by atoms with E-state index in [4.69, 9.17) is 9.47 Å². The van der Waals surface area contributed by atoms with Gasteiger partial charge in [0.2, 0.25) is 0 Å². The van der Waals surface area contributed by atoms with Crippen LogP contribution in [0.5, 0.6) is 23.3 Å². The summed E-state index contributed by atoms with van der Waals surface area (Å²) in [6, 6.07) is 12.1. The predicted octanol–water partition coefficient (Wildman–Crippen LogP) is 5.77. The van der Waals surface area contributed by atoms with E-state index in [1.807, 2.05) is 0 Å². The van der Waals surface area contributed by atoms with E-state index in [2.05, 4.69) is 9.97 Å². The van der Waals surface area contributed by atoms with Gasteiger partial charge in [0.15, 0.2) is 23.1 Å². The third-order valence-electron chi connectivity index (χ3n) is 3.71. The molecule has 0 radical (unpaired) electrons. The Balaban J connectivity index is 1.80. The van der Waals surface area contributed by atoms with Crippen molar-refractivity contribution in [3.8, 4) is 23.3 Å². The number of nitrogens with zero attached hydrogens (tertiary/aromatic N) is 2. The Morgan fingerprint density at radius 3 is 1.39 bits per heavy atom. The largest absolute Gasteiger partial charge is 0.432 e. The van der Waals surface area contributed by atoms with Gasteiger partial charge in [-0.1, -0.05) is 12.1 Å². The molecule has 0 amide bonds. The van der Waals surface area contributed by atoms with Gasteiger partial charge in [0.05, 0.1) is 11.0 Å². The molecule has 1 aromatic heterocycles. The molecule has 4 aromatic rings. The Morgan fingerprint density at radius 2 is 1.00 bits per heavy atom. The maximum atomic E-state index is 14.0. The van der Waals surface area contributed by atoms with Gasteiger partial charge >= 0.3 is 0 Å². The molecule has 0 aliphatic carbocycles. The number of aromatic nitrogens is 2. The summed E-state index contributed by atoms with van der Waals surface area (Å²) in [5.74, 6) is -4.67. The predicted molar refractivity (Wildman–Crippen MR) is 92.4 cm³/mol. The maximum absolute atomic E-state index is 14.0. The van der Waals surface area contributed by atoms with E-state index >= 15 is 0 Å². The molecule has 0 unspecified atom stereocenters. The lowest BCUT2D eigenvalue weighted by Gasteiger charge is -2.12. The minimum atomic E-state index is -0.964. The first-order valence-corrected chi connectivity index (χ1v) is 8.02. The molecule has 3 aromatic carbocycles. The van der Waals surface area contributed by atoms with Crippen molar-refractivity contribution in [2.75, 3.05) is 0 Å². The zero-order valence-corrected chi connectivity index (χ0v) is 14.0. The molecule has 0 saturated heterocycles. The molecule has 4 rings (SSSR count). The first kappa shape index (κ1) is 17.7. The number of ether oxygens (including phenoxy) is 2. The van der Waals surface area contributed by atoms with Crippen LogP contribution in [0.25, 0.3) is 11.0 Å². The molecule has 8 heteroatoms. The van der Waals surface area contributed by atoms with Crippen LogP contribution in [0.3, 0.4) is 0 Å². The fourth-order valence-corrected chi connectivity index (χ4v) is 2.42. The van der Waals surface area contributed by atoms with Gasteiger partial charge in [-0.2, -0.15) is 0 Å². The van der Waals surface area contributed by atoms with Crippen molar-refractivity contribution >= 4 is 11.0 Å². The number of fused-ring (bicyclic) bond motifs is 1. The van der Waals surface area contributed by atoms with E-state index in [9.17, 15) is 17.6 Å². The summed E-state index contributed by atoms with van der Waals surface area (Å²) in [6.45, 7) is 0. The summed E-state index contributed by atoms with van der Waals surface area (Å²) in [4.78, 5) is 8.42. The van der Waals surface area contributed by atoms with Crippen molar-refractivity contribution in [1.29, 1.82) is 0 Å². The highest BCUT2D eigenvalue weighted by Gasteiger charge is 2.18. The molecule has 0 N–H and O–H groups in total. The van der Waals surface area contributed by atoms with E-state index in [0.717, 1.165) is 24.3 Å². The first-order chi connectivity index (χ1) is 13.5. The minimum Gasteiger partial charge on any atom is -0.432 e. The highest BCUT2D eigenvalue weighted by Crippen LogP contribution is 2.35. The molecule has 0 bridgehead atoms. The SMILES string of the molecule is Fc1ccc(Oc2nc3ccccc3nc2Oc2ccc(F)cc2F)c(F)c1. The average Bonchev–Trinajstić information content (AvgIpc) is 2.66. The molecule has 0 aliphatic heterocycles. The van der Waals surface area contributed by atoms with Gasteiger partial charge in [-0.15, -0.1) is 0 Å². The second-order valence-corrected chi connectivity index (χ2v) is 5.68. The van der Waals surface area contributed by atoms with Crippen LogP contribution in [0.15, 0.2) is 60.7 Å². The highest BCUT2D eigenvalue weighted by molar-refractivity contribution is 5.75. The normalized spacial score (nSPS) is 10.9. The Morgan fingerprint density at radius 1 is 0.571 bits per heavy atom. The first-order valence-electron chi connectivity index (χ1n) is 8.02. The number of para-hydroxylation sites is 2. The van der Waals surface area contributed by atoms with E-state index < -0.39 is 23.3 Å². The Labute approximate surface area is 156 Å². The van der Waals surface area contributed by atoms with E-state index in [0.29, 0.717) is 23.2 Å². The molecule has 0 aliphatic rings. The number of benzene rings is 3. The van der Waals surface area contributed by atoms with Crippen LogP contribution in [0.1, 0.15) is 0 Å². The smallest absolute Gasteiger partial charge is 0.284 e. The number of hydrogen-bond acceptors (Lipinski definition) is 4. The second-order valence-electron chi connectivity index (χ2n) is 5.68. The van der Waals surface area contributed by atoms with Crippen molar-refractivity contribution in [1.82, 2.24) is 9.97 Å². The summed E-state index contributed by atoms with van der Waals surface area (Å²) in [5, 5.41) is 0. The lowest BCUT2D eigenvalue weighted by Crippen LogP contribution is -1.99. The van der Waals surface area contributed by atoms with E-state index in [-0.39, 0.29) is 23.3 Å². The summed E-state index contributed by atoms with van der Waals surface area (Å²) < 4.78 is 65.0. The van der Waals surface area contributed by atoms with Crippen molar-refractivity contribution in [3.05, 3.63) is 83.9 Å². The van der Waals surface area contributed by atoms with Crippen molar-refractivity contribution in [2.45, 2.75) is 0 Å². The topological polar surface area (TPSA) is 44.2 Å². The van der Waals surface area contributed by atoms with E-state index in [1.54, 1.807) is 24.3 Å². The van der Waals surface area contributed by atoms with Crippen LogP contribution >= 0.6 is 0 Å². The van der Waals surface area contributed by atoms with Crippen LogP contribution in [0.4, 0.5) is 17.6 Å². The number of hydrogen-bond donors (Lipinski definition) is 0. The molecule has 28 heavy (non-hydrogen) atoms. The maximum Gasteiger partial charge on any atom is 0.284 e. The number of halogens is 4. The second kappa shape index (κ2) is 7.15. The summed E-state index contributed by atoms with van der Waals surface area (Å²) in [5.41, 5.74) is 0.818. The molecule has 140 valence electrons. The lowest BCUT2D eigenvalue weighted by atomic mass is 10.3. The molecule has 0 atom stereocenters. The van der Waals surface area contributed by atoms with Gasteiger partial charge in [-0.05, 0) is 36.4 Å². The fraction of sp³-hybridized carbons (Fsp3) is 0. The van der Waals surface area contributed by atoms with E-state index in [1.165, 1.54) is 0 Å². The molecule has 0 saturated carbocycles. The Hall–Kier alpha value is -3.68. The molecular formula is C20H10F4N2O2. The zero-order valence-electron chi connectivity index (χ0n) is 14.0. The van der Waals surface area contributed by atoms with Gasteiger partial charge in [0.25, 0.3) is 11.8 Å². The fourth-order valence-electron chi connectivity index (χ4n) is 2.42. The van der Waals surface area contributed by atoms with Crippen molar-refractivity contribution < 1.29 is 27.0 Å². The summed E-state index contributed by atoms with van der Waals surface area (Å²) >= 11 is 0. The molecule has 0 fully saturated rings. The number of rotatable bonds is 4. The Bertz CT molecular complexity index is 1090. The summed E-state index contributed by atoms with van der Waals surface area (Å²) in [6.07, 6.45) is 0. The highest BCUT2D eigenvalue weighted by atomic mass is 19.1. The molecule has 0 spiro atoms. The van der Waals surface area contributed by atoms with Crippen molar-refractivity contribution in [3.63, 3.8) is 0 Å².